The van der Waals surface area contributed by atoms with Gasteiger partial charge in [0.2, 0.25) is 0 Å². The molecule has 0 aromatic heterocycles. The molecule has 0 unspecified atom stereocenters. The van der Waals surface area contributed by atoms with Gasteiger partial charge in [0.25, 0.3) is 0 Å². The summed E-state index contributed by atoms with van der Waals surface area (Å²) in [5.41, 5.74) is 8.16. The van der Waals surface area contributed by atoms with E-state index in [1.165, 1.54) is 25.7 Å². The van der Waals surface area contributed by atoms with Crippen molar-refractivity contribution in [3.05, 3.63) is 10.4 Å². The van der Waals surface area contributed by atoms with Crippen molar-refractivity contribution in [2.24, 2.45) is 5.11 Å². The van der Waals surface area contributed by atoms with Gasteiger partial charge in [0.05, 0.1) is 6.61 Å². The van der Waals surface area contributed by atoms with Crippen molar-refractivity contribution in [1.29, 1.82) is 0 Å². The number of hydrogen-bond donors (Lipinski definition) is 1. The van der Waals surface area contributed by atoms with E-state index in [9.17, 15) is 0 Å². The van der Waals surface area contributed by atoms with Gasteiger partial charge in [0, 0.05) is 30.6 Å². The molecule has 0 amide bonds. The van der Waals surface area contributed by atoms with Gasteiger partial charge < -0.3 is 5.11 Å². The fourth-order valence-electron chi connectivity index (χ4n) is 2.09. The number of nitrogens with zero attached hydrogens (tertiary/aromatic N) is 4. The smallest absolute Gasteiger partial charge is 0.0558 e. The van der Waals surface area contributed by atoms with Crippen molar-refractivity contribution in [3.8, 4) is 0 Å². The maximum absolute atomic E-state index is 8.91. The molecule has 0 saturated heterocycles. The van der Waals surface area contributed by atoms with E-state index in [0.29, 0.717) is 19.1 Å². The first-order valence-electron chi connectivity index (χ1n) is 5.24. The van der Waals surface area contributed by atoms with E-state index in [2.05, 4.69) is 14.9 Å². The normalized spacial score (nSPS) is 17.3. The predicted molar refractivity (Wildman–Crippen MR) is 54.9 cm³/mol. The van der Waals surface area contributed by atoms with Crippen molar-refractivity contribution in [2.45, 2.75) is 31.7 Å². The Kier molecular flexibility index (Phi) is 5.37. The Morgan fingerprint density at radius 2 is 2.07 bits per heavy atom. The third-order valence-corrected chi connectivity index (χ3v) is 2.78. The first-order chi connectivity index (χ1) is 6.88. The van der Waals surface area contributed by atoms with Gasteiger partial charge in [0.15, 0.2) is 0 Å². The number of aliphatic hydroxyl groups is 1. The molecular formula is C9H18N4O. The molecule has 1 rings (SSSR count). The Hall–Kier alpha value is -0.770. The van der Waals surface area contributed by atoms with Gasteiger partial charge in [0.1, 0.15) is 0 Å². The Balaban J connectivity index is 2.32. The largest absolute Gasteiger partial charge is 0.395 e. The van der Waals surface area contributed by atoms with Crippen LogP contribution >= 0.6 is 0 Å². The van der Waals surface area contributed by atoms with E-state index in [1.807, 2.05) is 0 Å². The van der Waals surface area contributed by atoms with E-state index >= 15 is 0 Å². The van der Waals surface area contributed by atoms with Crippen LogP contribution in [0.4, 0.5) is 0 Å². The van der Waals surface area contributed by atoms with Gasteiger partial charge in [-0.15, -0.1) is 0 Å². The summed E-state index contributed by atoms with van der Waals surface area (Å²) in [7, 11) is 0. The SMILES string of the molecule is [N-]=[N+]=NCCN(CCO)C1CCCC1. The van der Waals surface area contributed by atoms with Crippen LogP contribution in [0.25, 0.3) is 10.4 Å². The second-order valence-electron chi connectivity index (χ2n) is 3.65. The van der Waals surface area contributed by atoms with Crippen LogP contribution in [0.5, 0.6) is 0 Å². The maximum atomic E-state index is 8.91. The van der Waals surface area contributed by atoms with Crippen LogP contribution in [0, 0.1) is 0 Å². The maximum Gasteiger partial charge on any atom is 0.0558 e. The van der Waals surface area contributed by atoms with Crippen molar-refractivity contribution in [2.75, 3.05) is 26.2 Å². The van der Waals surface area contributed by atoms with Crippen molar-refractivity contribution >= 4 is 0 Å². The Labute approximate surface area is 84.3 Å². The molecule has 0 radical (unpaired) electrons. The summed E-state index contributed by atoms with van der Waals surface area (Å²) in [5.74, 6) is 0. The van der Waals surface area contributed by atoms with Crippen LogP contribution in [-0.2, 0) is 0 Å². The molecule has 0 aliphatic heterocycles. The molecule has 0 aromatic carbocycles. The van der Waals surface area contributed by atoms with Crippen LogP contribution < -0.4 is 0 Å². The molecule has 1 saturated carbocycles. The third kappa shape index (κ3) is 3.54. The summed E-state index contributed by atoms with van der Waals surface area (Å²) in [6.45, 7) is 2.17. The highest BCUT2D eigenvalue weighted by Crippen LogP contribution is 2.22. The quantitative estimate of drug-likeness (QED) is 0.399. The molecule has 5 nitrogen and oxygen atoms in total. The molecule has 0 heterocycles. The number of azide groups is 1. The second kappa shape index (κ2) is 6.65. The van der Waals surface area contributed by atoms with E-state index in [-0.39, 0.29) is 6.61 Å². The molecule has 0 bridgehead atoms. The molecule has 0 aromatic rings. The molecule has 1 aliphatic carbocycles. The van der Waals surface area contributed by atoms with Crippen LogP contribution in [0.2, 0.25) is 0 Å². The Bertz CT molecular complexity index is 197. The van der Waals surface area contributed by atoms with Crippen LogP contribution in [-0.4, -0.2) is 42.3 Å². The molecule has 14 heavy (non-hydrogen) atoms. The lowest BCUT2D eigenvalue weighted by Gasteiger charge is -2.27. The molecule has 1 N–H and O–H groups in total. The zero-order valence-corrected chi connectivity index (χ0v) is 8.47. The van der Waals surface area contributed by atoms with Crippen molar-refractivity contribution in [3.63, 3.8) is 0 Å². The summed E-state index contributed by atoms with van der Waals surface area (Å²) in [6.07, 6.45) is 5.01. The van der Waals surface area contributed by atoms with Gasteiger partial charge in [-0.3, -0.25) is 4.90 Å². The summed E-state index contributed by atoms with van der Waals surface area (Å²) in [5, 5.41) is 12.4. The number of aliphatic hydroxyl groups excluding tert-OH is 1. The minimum Gasteiger partial charge on any atom is -0.395 e. The van der Waals surface area contributed by atoms with Gasteiger partial charge in [-0.2, -0.15) is 0 Å². The first kappa shape index (κ1) is 11.3. The van der Waals surface area contributed by atoms with Crippen LogP contribution in [0.1, 0.15) is 25.7 Å². The molecule has 0 atom stereocenters. The predicted octanol–water partition coefficient (Wildman–Crippen LogP) is 1.53. The number of rotatable bonds is 6. The average molecular weight is 198 g/mol. The summed E-state index contributed by atoms with van der Waals surface area (Å²) < 4.78 is 0. The molecule has 1 fully saturated rings. The first-order valence-corrected chi connectivity index (χ1v) is 5.24. The molecule has 80 valence electrons. The lowest BCUT2D eigenvalue weighted by atomic mass is 10.2. The highest BCUT2D eigenvalue weighted by atomic mass is 16.3. The second-order valence-corrected chi connectivity index (χ2v) is 3.65. The van der Waals surface area contributed by atoms with Crippen LogP contribution in [0.15, 0.2) is 5.11 Å². The molecular weight excluding hydrogens is 180 g/mol. The fraction of sp³-hybridized carbons (Fsp3) is 1.00. The molecule has 0 spiro atoms. The van der Waals surface area contributed by atoms with Gasteiger partial charge in [-0.25, -0.2) is 0 Å². The van der Waals surface area contributed by atoms with Gasteiger partial charge in [-0.05, 0) is 18.4 Å². The summed E-state index contributed by atoms with van der Waals surface area (Å²) in [4.78, 5) is 4.97. The molecule has 5 heteroatoms. The lowest BCUT2D eigenvalue weighted by Crippen LogP contribution is -2.37. The monoisotopic (exact) mass is 198 g/mol. The Morgan fingerprint density at radius 1 is 1.36 bits per heavy atom. The topological polar surface area (TPSA) is 72.2 Å². The third-order valence-electron chi connectivity index (χ3n) is 2.78. The fourth-order valence-corrected chi connectivity index (χ4v) is 2.09. The summed E-state index contributed by atoms with van der Waals surface area (Å²) in [6, 6.07) is 0.594. The minimum absolute atomic E-state index is 0.187. The highest BCUT2D eigenvalue weighted by Gasteiger charge is 2.21. The van der Waals surface area contributed by atoms with E-state index in [0.717, 1.165) is 6.54 Å². The van der Waals surface area contributed by atoms with Crippen molar-refractivity contribution in [1.82, 2.24) is 4.90 Å². The average Bonchev–Trinajstić information content (AvgIpc) is 2.70. The Morgan fingerprint density at radius 3 is 2.64 bits per heavy atom. The van der Waals surface area contributed by atoms with E-state index in [1.54, 1.807) is 0 Å². The van der Waals surface area contributed by atoms with Gasteiger partial charge >= 0.3 is 0 Å². The van der Waals surface area contributed by atoms with E-state index in [4.69, 9.17) is 10.6 Å². The number of hydrogen-bond acceptors (Lipinski definition) is 3. The minimum atomic E-state index is 0.187. The standard InChI is InChI=1S/C9H18N4O/c10-12-11-5-6-13(7-8-14)9-3-1-2-4-9/h9,14H,1-8H2. The van der Waals surface area contributed by atoms with Crippen LogP contribution in [0.3, 0.4) is 0 Å². The van der Waals surface area contributed by atoms with Gasteiger partial charge in [-0.1, -0.05) is 18.0 Å². The molecule has 1 aliphatic rings. The zero-order chi connectivity index (χ0) is 10.2. The van der Waals surface area contributed by atoms with Crippen molar-refractivity contribution < 1.29 is 5.11 Å². The lowest BCUT2D eigenvalue weighted by molar-refractivity contribution is 0.155. The van der Waals surface area contributed by atoms with E-state index < -0.39 is 0 Å². The highest BCUT2D eigenvalue weighted by molar-refractivity contribution is 4.77. The zero-order valence-electron chi connectivity index (χ0n) is 8.47. The summed E-state index contributed by atoms with van der Waals surface area (Å²) >= 11 is 0.